The summed E-state index contributed by atoms with van der Waals surface area (Å²) in [6, 6.07) is 7.22. The third-order valence-corrected chi connectivity index (χ3v) is 4.10. The Balaban J connectivity index is 1.92. The fraction of sp³-hybridized carbons (Fsp3) is 0.250. The molecule has 114 valence electrons. The van der Waals surface area contributed by atoms with Crippen LogP contribution in [0, 0.1) is 5.82 Å². The van der Waals surface area contributed by atoms with Crippen molar-refractivity contribution in [2.24, 2.45) is 0 Å². The van der Waals surface area contributed by atoms with Gasteiger partial charge >= 0.3 is 0 Å². The van der Waals surface area contributed by atoms with E-state index in [-0.39, 0.29) is 29.3 Å². The first-order valence-corrected chi connectivity index (χ1v) is 7.28. The van der Waals surface area contributed by atoms with Crippen molar-refractivity contribution in [3.63, 3.8) is 0 Å². The molecule has 1 aliphatic heterocycles. The molecular formula is C16H14ClFN2O2. The van der Waals surface area contributed by atoms with Crippen LogP contribution < -0.4 is 0 Å². The second kappa shape index (κ2) is 6.02. The van der Waals surface area contributed by atoms with E-state index in [1.807, 2.05) is 0 Å². The molecule has 1 aliphatic rings. The summed E-state index contributed by atoms with van der Waals surface area (Å²) in [7, 11) is 0. The van der Waals surface area contributed by atoms with Crippen molar-refractivity contribution in [2.75, 3.05) is 6.54 Å². The molecule has 2 heterocycles. The number of carbonyl (C=O) groups is 1. The van der Waals surface area contributed by atoms with Crippen molar-refractivity contribution < 1.29 is 14.3 Å². The lowest BCUT2D eigenvalue weighted by atomic mass is 10.0. The molecule has 0 saturated carbocycles. The number of aliphatic hydroxyl groups excluding tert-OH is 1. The van der Waals surface area contributed by atoms with E-state index < -0.39 is 6.10 Å². The topological polar surface area (TPSA) is 53.4 Å². The number of pyridine rings is 1. The SMILES string of the molecule is O=C(c1ccncc1Cl)N1C[C@H](O)C[C@@H]1c1ccc(F)cc1. The number of hydrogen-bond acceptors (Lipinski definition) is 3. The number of carbonyl (C=O) groups excluding carboxylic acids is 1. The Labute approximate surface area is 132 Å². The molecule has 1 amide bonds. The van der Waals surface area contributed by atoms with Crippen molar-refractivity contribution in [1.82, 2.24) is 9.88 Å². The van der Waals surface area contributed by atoms with Gasteiger partial charge in [0, 0.05) is 18.9 Å². The molecule has 0 aliphatic carbocycles. The van der Waals surface area contributed by atoms with E-state index in [0.29, 0.717) is 12.0 Å². The molecule has 1 saturated heterocycles. The van der Waals surface area contributed by atoms with Gasteiger partial charge in [-0.25, -0.2) is 4.39 Å². The van der Waals surface area contributed by atoms with Gasteiger partial charge in [0.2, 0.25) is 0 Å². The minimum atomic E-state index is -0.611. The third kappa shape index (κ3) is 2.82. The van der Waals surface area contributed by atoms with Gasteiger partial charge in [-0.15, -0.1) is 0 Å². The summed E-state index contributed by atoms with van der Waals surface area (Å²) in [6.07, 6.45) is 2.71. The molecular weight excluding hydrogens is 307 g/mol. The average molecular weight is 321 g/mol. The summed E-state index contributed by atoms with van der Waals surface area (Å²) in [5.41, 5.74) is 1.13. The van der Waals surface area contributed by atoms with Crippen LogP contribution in [0.25, 0.3) is 0 Å². The summed E-state index contributed by atoms with van der Waals surface area (Å²) in [5, 5.41) is 10.2. The van der Waals surface area contributed by atoms with Gasteiger partial charge in [0.1, 0.15) is 5.82 Å². The van der Waals surface area contributed by atoms with Crippen molar-refractivity contribution in [3.8, 4) is 0 Å². The molecule has 4 nitrogen and oxygen atoms in total. The van der Waals surface area contributed by atoms with Gasteiger partial charge < -0.3 is 10.0 Å². The lowest BCUT2D eigenvalue weighted by Crippen LogP contribution is -2.32. The Bertz CT molecular complexity index is 693. The first-order chi connectivity index (χ1) is 10.6. The number of halogens is 2. The summed E-state index contributed by atoms with van der Waals surface area (Å²) in [5.74, 6) is -0.601. The van der Waals surface area contributed by atoms with Gasteiger partial charge in [0.25, 0.3) is 5.91 Å². The summed E-state index contributed by atoms with van der Waals surface area (Å²) in [6.45, 7) is 0.222. The average Bonchev–Trinajstić information content (AvgIpc) is 2.90. The van der Waals surface area contributed by atoms with E-state index >= 15 is 0 Å². The van der Waals surface area contributed by atoms with E-state index in [1.54, 1.807) is 23.1 Å². The lowest BCUT2D eigenvalue weighted by molar-refractivity contribution is 0.0716. The molecule has 2 atom stereocenters. The predicted octanol–water partition coefficient (Wildman–Crippen LogP) is 2.82. The maximum Gasteiger partial charge on any atom is 0.256 e. The van der Waals surface area contributed by atoms with Crippen LogP contribution in [-0.4, -0.2) is 33.5 Å². The number of hydrogen-bond donors (Lipinski definition) is 1. The zero-order valence-electron chi connectivity index (χ0n) is 11.6. The number of benzene rings is 1. The first-order valence-electron chi connectivity index (χ1n) is 6.90. The summed E-state index contributed by atoms with van der Waals surface area (Å²) >= 11 is 6.03. The molecule has 22 heavy (non-hydrogen) atoms. The predicted molar refractivity (Wildman–Crippen MR) is 80.0 cm³/mol. The van der Waals surface area contributed by atoms with Gasteiger partial charge in [-0.2, -0.15) is 0 Å². The fourth-order valence-electron chi connectivity index (χ4n) is 2.74. The number of rotatable bonds is 2. The standard InChI is InChI=1S/C16H14ClFN2O2/c17-14-8-19-6-5-13(14)16(22)20-9-12(21)7-15(20)10-1-3-11(18)4-2-10/h1-6,8,12,15,21H,7,9H2/t12-,15-/m1/s1. The van der Waals surface area contributed by atoms with Crippen LogP contribution in [0.3, 0.4) is 0 Å². The van der Waals surface area contributed by atoms with E-state index in [9.17, 15) is 14.3 Å². The third-order valence-electron chi connectivity index (χ3n) is 3.80. The number of aromatic nitrogens is 1. The van der Waals surface area contributed by atoms with Gasteiger partial charge in [-0.05, 0) is 30.2 Å². The lowest BCUT2D eigenvalue weighted by Gasteiger charge is -2.25. The maximum absolute atomic E-state index is 13.1. The molecule has 1 aromatic carbocycles. The van der Waals surface area contributed by atoms with Crippen molar-refractivity contribution in [1.29, 1.82) is 0 Å². The molecule has 1 aromatic heterocycles. The normalized spacial score (nSPS) is 21.1. The van der Waals surface area contributed by atoms with Crippen molar-refractivity contribution in [3.05, 3.63) is 64.7 Å². The molecule has 0 spiro atoms. The molecule has 0 radical (unpaired) electrons. The van der Waals surface area contributed by atoms with Gasteiger partial charge in [0.05, 0.1) is 22.7 Å². The van der Waals surface area contributed by atoms with Gasteiger partial charge in [-0.3, -0.25) is 9.78 Å². The van der Waals surface area contributed by atoms with Gasteiger partial charge in [0.15, 0.2) is 0 Å². The molecule has 0 bridgehead atoms. The quantitative estimate of drug-likeness (QED) is 0.925. The number of likely N-dealkylation sites (tertiary alicyclic amines) is 1. The maximum atomic E-state index is 13.1. The van der Waals surface area contributed by atoms with Crippen LogP contribution in [0.1, 0.15) is 28.4 Å². The van der Waals surface area contributed by atoms with Crippen LogP contribution in [0.15, 0.2) is 42.7 Å². The van der Waals surface area contributed by atoms with Crippen LogP contribution in [0.5, 0.6) is 0 Å². The zero-order valence-corrected chi connectivity index (χ0v) is 12.4. The minimum Gasteiger partial charge on any atom is -0.391 e. The second-order valence-corrected chi connectivity index (χ2v) is 5.68. The van der Waals surface area contributed by atoms with Crippen LogP contribution in [0.2, 0.25) is 5.02 Å². The number of amides is 1. The highest BCUT2D eigenvalue weighted by Crippen LogP contribution is 2.34. The Morgan fingerprint density at radius 1 is 1.32 bits per heavy atom. The van der Waals surface area contributed by atoms with E-state index in [4.69, 9.17) is 11.6 Å². The smallest absolute Gasteiger partial charge is 0.256 e. The summed E-state index contributed by atoms with van der Waals surface area (Å²) in [4.78, 5) is 18.1. The van der Waals surface area contributed by atoms with Crippen LogP contribution in [-0.2, 0) is 0 Å². The Hall–Kier alpha value is -1.98. The monoisotopic (exact) mass is 320 g/mol. The highest BCUT2D eigenvalue weighted by Gasteiger charge is 2.36. The Morgan fingerprint density at radius 3 is 2.73 bits per heavy atom. The van der Waals surface area contributed by atoms with E-state index in [0.717, 1.165) is 5.56 Å². The largest absolute Gasteiger partial charge is 0.391 e. The van der Waals surface area contributed by atoms with Crippen molar-refractivity contribution in [2.45, 2.75) is 18.6 Å². The highest BCUT2D eigenvalue weighted by atomic mass is 35.5. The summed E-state index contributed by atoms with van der Waals surface area (Å²) < 4.78 is 13.1. The molecule has 1 N–H and O–H groups in total. The zero-order chi connectivity index (χ0) is 15.7. The first kappa shape index (κ1) is 14.9. The molecule has 3 rings (SSSR count). The molecule has 6 heteroatoms. The highest BCUT2D eigenvalue weighted by molar-refractivity contribution is 6.33. The Kier molecular flexibility index (Phi) is 4.09. The second-order valence-electron chi connectivity index (χ2n) is 5.27. The van der Waals surface area contributed by atoms with Crippen molar-refractivity contribution >= 4 is 17.5 Å². The van der Waals surface area contributed by atoms with Crippen LogP contribution >= 0.6 is 11.6 Å². The van der Waals surface area contributed by atoms with E-state index in [2.05, 4.69) is 4.98 Å². The molecule has 0 unspecified atom stereocenters. The molecule has 1 fully saturated rings. The fourth-order valence-corrected chi connectivity index (χ4v) is 2.94. The number of nitrogens with zero attached hydrogens (tertiary/aromatic N) is 2. The van der Waals surface area contributed by atoms with E-state index in [1.165, 1.54) is 24.5 Å². The number of aliphatic hydroxyl groups is 1. The minimum absolute atomic E-state index is 0.222. The molecule has 2 aromatic rings. The van der Waals surface area contributed by atoms with Crippen LogP contribution in [0.4, 0.5) is 4.39 Å². The Morgan fingerprint density at radius 2 is 2.05 bits per heavy atom. The van der Waals surface area contributed by atoms with Gasteiger partial charge in [-0.1, -0.05) is 23.7 Å². The number of β-amino-alcohol motifs (C(OH)–C–C–N with tert-alkyl or cyclic N) is 1.